The van der Waals surface area contributed by atoms with E-state index in [9.17, 15) is 0 Å². The van der Waals surface area contributed by atoms with E-state index in [-0.39, 0.29) is 17.2 Å². The second-order valence-corrected chi connectivity index (χ2v) is 4.54. The quantitative estimate of drug-likeness (QED) is 0.823. The zero-order chi connectivity index (χ0) is 12.5. The van der Waals surface area contributed by atoms with Gasteiger partial charge >= 0.3 is 0 Å². The lowest BCUT2D eigenvalue weighted by molar-refractivity contribution is -0.141. The van der Waals surface area contributed by atoms with Crippen molar-refractivity contribution in [3.63, 3.8) is 0 Å². The van der Waals surface area contributed by atoms with Gasteiger partial charge in [-0.1, -0.05) is 11.6 Å². The highest BCUT2D eigenvalue weighted by Crippen LogP contribution is 2.23. The highest BCUT2D eigenvalue weighted by Gasteiger charge is 2.33. The molecule has 1 unspecified atom stereocenters. The monoisotopic (exact) mass is 259 g/mol. The summed E-state index contributed by atoms with van der Waals surface area (Å²) < 4.78 is 16.4. The van der Waals surface area contributed by atoms with Crippen molar-refractivity contribution in [2.45, 2.75) is 25.7 Å². The third-order valence-electron chi connectivity index (χ3n) is 2.17. The number of nitrogens with two attached hydrogens (primary N) is 1. The molecule has 7 heteroatoms. The molecular weight excluding hydrogens is 246 g/mol. The van der Waals surface area contributed by atoms with Crippen LogP contribution in [0.15, 0.2) is 6.07 Å². The van der Waals surface area contributed by atoms with Crippen LogP contribution in [0.1, 0.15) is 13.8 Å². The summed E-state index contributed by atoms with van der Waals surface area (Å²) in [6.45, 7) is 4.52. The Bertz CT molecular complexity index is 394. The predicted molar refractivity (Wildman–Crippen MR) is 61.9 cm³/mol. The summed E-state index contributed by atoms with van der Waals surface area (Å²) in [7, 11) is 0. The minimum atomic E-state index is -0.559. The van der Waals surface area contributed by atoms with Crippen molar-refractivity contribution >= 4 is 17.5 Å². The Hall–Kier alpha value is -1.11. The van der Waals surface area contributed by atoms with E-state index in [1.807, 2.05) is 13.8 Å². The summed E-state index contributed by atoms with van der Waals surface area (Å²) >= 11 is 5.72. The molecule has 0 saturated carbocycles. The van der Waals surface area contributed by atoms with Gasteiger partial charge < -0.3 is 19.9 Å². The van der Waals surface area contributed by atoms with Crippen molar-refractivity contribution in [2.75, 3.05) is 18.9 Å². The first-order chi connectivity index (χ1) is 7.94. The van der Waals surface area contributed by atoms with E-state index in [2.05, 4.69) is 9.97 Å². The van der Waals surface area contributed by atoms with Crippen LogP contribution in [-0.4, -0.2) is 35.1 Å². The lowest BCUT2D eigenvalue weighted by Crippen LogP contribution is -2.25. The third-order valence-corrected chi connectivity index (χ3v) is 2.37. The first-order valence-electron chi connectivity index (χ1n) is 5.19. The van der Waals surface area contributed by atoms with Gasteiger partial charge in [-0.05, 0) is 13.8 Å². The zero-order valence-corrected chi connectivity index (χ0v) is 10.4. The summed E-state index contributed by atoms with van der Waals surface area (Å²) in [5.41, 5.74) is 5.44. The van der Waals surface area contributed by atoms with Crippen molar-refractivity contribution < 1.29 is 14.2 Å². The molecular formula is C10H14ClN3O3. The van der Waals surface area contributed by atoms with Crippen LogP contribution in [0.2, 0.25) is 5.15 Å². The van der Waals surface area contributed by atoms with Crippen molar-refractivity contribution in [3.8, 4) is 5.88 Å². The van der Waals surface area contributed by atoms with Crippen LogP contribution in [0, 0.1) is 0 Å². The summed E-state index contributed by atoms with van der Waals surface area (Å²) in [4.78, 5) is 7.63. The molecule has 94 valence electrons. The Morgan fingerprint density at radius 1 is 1.59 bits per heavy atom. The minimum Gasteiger partial charge on any atom is -0.475 e. The van der Waals surface area contributed by atoms with E-state index >= 15 is 0 Å². The first-order valence-corrected chi connectivity index (χ1v) is 5.57. The van der Waals surface area contributed by atoms with Crippen LogP contribution in [0.4, 0.5) is 5.95 Å². The standard InChI is InChI=1S/C10H14ClN3O3/c1-10(2)16-5-6(17-10)4-15-8-3-7(11)13-9(12)14-8/h3,6H,4-5H2,1-2H3,(H2,12,13,14). The maximum Gasteiger partial charge on any atom is 0.224 e. The lowest BCUT2D eigenvalue weighted by atomic mass is 10.4. The zero-order valence-electron chi connectivity index (χ0n) is 9.64. The maximum atomic E-state index is 5.72. The highest BCUT2D eigenvalue weighted by molar-refractivity contribution is 6.29. The van der Waals surface area contributed by atoms with E-state index in [0.717, 1.165) is 0 Å². The van der Waals surface area contributed by atoms with E-state index in [1.165, 1.54) is 6.07 Å². The van der Waals surface area contributed by atoms with E-state index < -0.39 is 5.79 Å². The molecule has 1 aliphatic heterocycles. The van der Waals surface area contributed by atoms with Crippen molar-refractivity contribution in [1.82, 2.24) is 9.97 Å². The Labute approximate surface area is 104 Å². The molecule has 6 nitrogen and oxygen atoms in total. The molecule has 0 amide bonds. The highest BCUT2D eigenvalue weighted by atomic mass is 35.5. The molecule has 1 aromatic heterocycles. The van der Waals surface area contributed by atoms with Crippen LogP contribution < -0.4 is 10.5 Å². The number of anilines is 1. The SMILES string of the molecule is CC1(C)OCC(COc2cc(Cl)nc(N)n2)O1. The van der Waals surface area contributed by atoms with Gasteiger partial charge in [0, 0.05) is 6.07 Å². The molecule has 17 heavy (non-hydrogen) atoms. The van der Waals surface area contributed by atoms with Crippen LogP contribution in [-0.2, 0) is 9.47 Å². The van der Waals surface area contributed by atoms with Gasteiger partial charge in [0.1, 0.15) is 17.9 Å². The summed E-state index contributed by atoms with van der Waals surface area (Å²) in [6, 6.07) is 1.50. The molecule has 1 atom stereocenters. The average Bonchev–Trinajstić information content (AvgIpc) is 2.54. The van der Waals surface area contributed by atoms with E-state index in [0.29, 0.717) is 19.1 Å². The van der Waals surface area contributed by atoms with Crippen molar-refractivity contribution in [3.05, 3.63) is 11.2 Å². The van der Waals surface area contributed by atoms with Crippen molar-refractivity contribution in [2.24, 2.45) is 0 Å². The average molecular weight is 260 g/mol. The van der Waals surface area contributed by atoms with Crippen LogP contribution in [0.3, 0.4) is 0 Å². The minimum absolute atomic E-state index is 0.0800. The molecule has 2 rings (SSSR count). The van der Waals surface area contributed by atoms with E-state index in [4.69, 9.17) is 31.5 Å². The van der Waals surface area contributed by atoms with Gasteiger partial charge in [-0.15, -0.1) is 0 Å². The number of nitrogens with zero attached hydrogens (tertiary/aromatic N) is 2. The summed E-state index contributed by atoms with van der Waals surface area (Å²) in [5.74, 6) is -0.150. The second-order valence-electron chi connectivity index (χ2n) is 4.15. The van der Waals surface area contributed by atoms with Crippen molar-refractivity contribution in [1.29, 1.82) is 0 Å². The third kappa shape index (κ3) is 3.42. The Kier molecular flexibility index (Phi) is 3.37. The second kappa shape index (κ2) is 4.64. The number of hydrogen-bond donors (Lipinski definition) is 1. The van der Waals surface area contributed by atoms with Gasteiger partial charge in [-0.3, -0.25) is 0 Å². The van der Waals surface area contributed by atoms with Gasteiger partial charge in [0.05, 0.1) is 6.61 Å². The molecule has 2 N–H and O–H groups in total. The molecule has 0 radical (unpaired) electrons. The number of hydrogen-bond acceptors (Lipinski definition) is 6. The van der Waals surface area contributed by atoms with Crippen LogP contribution in [0.5, 0.6) is 5.88 Å². The fraction of sp³-hybridized carbons (Fsp3) is 0.600. The van der Waals surface area contributed by atoms with Gasteiger partial charge in [0.2, 0.25) is 11.8 Å². The lowest BCUT2D eigenvalue weighted by Gasteiger charge is -2.17. The maximum absolute atomic E-state index is 5.72. The molecule has 0 bridgehead atoms. The molecule has 1 saturated heterocycles. The van der Waals surface area contributed by atoms with Gasteiger partial charge in [0.25, 0.3) is 0 Å². The Morgan fingerprint density at radius 3 is 2.94 bits per heavy atom. The number of aromatic nitrogens is 2. The Morgan fingerprint density at radius 2 is 2.35 bits per heavy atom. The predicted octanol–water partition coefficient (Wildman–Crippen LogP) is 1.24. The molecule has 2 heterocycles. The first kappa shape index (κ1) is 12.3. The molecule has 1 aliphatic rings. The molecule has 0 aliphatic carbocycles. The largest absolute Gasteiger partial charge is 0.475 e. The van der Waals surface area contributed by atoms with Gasteiger partial charge in [0.15, 0.2) is 5.79 Å². The summed E-state index contributed by atoms with van der Waals surface area (Å²) in [5, 5.41) is 0.247. The number of nitrogen functional groups attached to an aromatic ring is 1. The molecule has 0 aromatic carbocycles. The number of halogens is 1. The number of ether oxygens (including phenoxy) is 3. The van der Waals surface area contributed by atoms with Gasteiger partial charge in [-0.25, -0.2) is 4.98 Å². The summed E-state index contributed by atoms with van der Waals surface area (Å²) in [6.07, 6.45) is -0.125. The van der Waals surface area contributed by atoms with E-state index in [1.54, 1.807) is 0 Å². The topological polar surface area (TPSA) is 79.5 Å². The fourth-order valence-electron chi connectivity index (χ4n) is 1.51. The molecule has 1 aromatic rings. The smallest absolute Gasteiger partial charge is 0.224 e. The van der Waals surface area contributed by atoms with Crippen LogP contribution >= 0.6 is 11.6 Å². The fourth-order valence-corrected chi connectivity index (χ4v) is 1.69. The number of rotatable bonds is 3. The molecule has 1 fully saturated rings. The van der Waals surface area contributed by atoms with Gasteiger partial charge in [-0.2, -0.15) is 4.98 Å². The Balaban J connectivity index is 1.90. The normalized spacial score (nSPS) is 22.6. The van der Waals surface area contributed by atoms with Crippen LogP contribution in [0.25, 0.3) is 0 Å². The molecule has 0 spiro atoms.